The topological polar surface area (TPSA) is 3.24 Å². The van der Waals surface area contributed by atoms with E-state index in [2.05, 4.69) is 0 Å². The minimum absolute atomic E-state index is 0. The quantitative estimate of drug-likeness (QED) is 0.480. The third kappa shape index (κ3) is 5.28. The highest BCUT2D eigenvalue weighted by molar-refractivity contribution is 6.47. The number of hydrogen-bond donors (Lipinski definition) is 0. The number of alkyl halides is 2. The van der Waals surface area contributed by atoms with E-state index in [4.69, 9.17) is 23.2 Å². The monoisotopic (exact) mass is 191 g/mol. The van der Waals surface area contributed by atoms with Crippen molar-refractivity contribution in [1.82, 2.24) is 4.90 Å². The van der Waals surface area contributed by atoms with Crippen LogP contribution in [0.5, 0.6) is 0 Å². The number of nitrogens with zero attached hydrogens (tertiary/aromatic N) is 1. The summed E-state index contributed by atoms with van der Waals surface area (Å²) in [4.78, 5) is 1.84. The fraction of sp³-hybridized carbons (Fsp3) is 1.00. The molecule has 0 heterocycles. The lowest BCUT2D eigenvalue weighted by Gasteiger charge is -2.24. The van der Waals surface area contributed by atoms with Gasteiger partial charge in [0.25, 0.3) is 0 Å². The molecule has 9 heavy (non-hydrogen) atoms. The highest BCUT2D eigenvalue weighted by Crippen LogP contribution is 2.22. The number of halogens is 3. The molecule has 0 fully saturated rings. The Bertz CT molecular complexity index is 69.1. The fourth-order valence-corrected chi connectivity index (χ4v) is 0.517. The van der Waals surface area contributed by atoms with Crippen LogP contribution < -0.4 is 0 Å². The van der Waals surface area contributed by atoms with E-state index >= 15 is 0 Å². The highest BCUT2D eigenvalue weighted by atomic mass is 35.5. The number of hydrogen-bond acceptors (Lipinski definition) is 1. The van der Waals surface area contributed by atoms with Gasteiger partial charge in [-0.2, -0.15) is 0 Å². The van der Waals surface area contributed by atoms with Crippen LogP contribution in [0.2, 0.25) is 0 Å². The third-order valence-corrected chi connectivity index (χ3v) is 1.72. The Morgan fingerprint density at radius 2 is 1.78 bits per heavy atom. The standard InChI is InChI=1S/C5H11Cl2N.ClH/c1-4-8(3)5(2,6)7;/h4H2,1-3H3;1H. The first-order valence-electron chi connectivity index (χ1n) is 2.57. The first kappa shape index (κ1) is 12.5. The summed E-state index contributed by atoms with van der Waals surface area (Å²) >= 11 is 11.4. The second-order valence-corrected chi connectivity index (χ2v) is 3.52. The summed E-state index contributed by atoms with van der Waals surface area (Å²) in [7, 11) is 1.88. The summed E-state index contributed by atoms with van der Waals surface area (Å²) in [5.74, 6) is 0. The zero-order chi connectivity index (χ0) is 6.78. The van der Waals surface area contributed by atoms with Crippen LogP contribution in [-0.4, -0.2) is 22.9 Å². The summed E-state index contributed by atoms with van der Waals surface area (Å²) in [5.41, 5.74) is 0. The first-order chi connectivity index (χ1) is 3.48. The summed E-state index contributed by atoms with van der Waals surface area (Å²) in [6, 6.07) is 0. The van der Waals surface area contributed by atoms with Crippen LogP contribution in [0.4, 0.5) is 0 Å². The van der Waals surface area contributed by atoms with Gasteiger partial charge in [-0.15, -0.1) is 12.4 Å². The average molecular weight is 193 g/mol. The molecule has 0 N–H and O–H groups in total. The van der Waals surface area contributed by atoms with E-state index in [1.54, 1.807) is 6.92 Å². The van der Waals surface area contributed by atoms with Crippen molar-refractivity contribution in [2.75, 3.05) is 13.6 Å². The molecule has 58 valence electrons. The van der Waals surface area contributed by atoms with Gasteiger partial charge in [-0.3, -0.25) is 4.90 Å². The van der Waals surface area contributed by atoms with Gasteiger partial charge >= 0.3 is 0 Å². The second-order valence-electron chi connectivity index (χ2n) is 1.86. The molecule has 0 atom stereocenters. The van der Waals surface area contributed by atoms with Gasteiger partial charge in [-0.05, 0) is 20.5 Å². The predicted molar refractivity (Wildman–Crippen MR) is 45.7 cm³/mol. The van der Waals surface area contributed by atoms with Gasteiger partial charge < -0.3 is 0 Å². The van der Waals surface area contributed by atoms with E-state index in [1.807, 2.05) is 18.9 Å². The van der Waals surface area contributed by atoms with Crippen LogP contribution in [0, 0.1) is 0 Å². The van der Waals surface area contributed by atoms with Crippen molar-refractivity contribution in [3.63, 3.8) is 0 Å². The molecule has 0 aliphatic carbocycles. The Morgan fingerprint density at radius 3 is 1.78 bits per heavy atom. The lowest BCUT2D eigenvalue weighted by molar-refractivity contribution is 0.307. The van der Waals surface area contributed by atoms with Crippen molar-refractivity contribution >= 4 is 35.6 Å². The van der Waals surface area contributed by atoms with Gasteiger partial charge in [-0.1, -0.05) is 30.1 Å². The average Bonchev–Trinajstić information content (AvgIpc) is 1.62. The van der Waals surface area contributed by atoms with E-state index in [0.29, 0.717) is 0 Å². The molecule has 4 heteroatoms. The lowest BCUT2D eigenvalue weighted by atomic mass is 10.6. The molecule has 0 radical (unpaired) electrons. The van der Waals surface area contributed by atoms with E-state index in [0.717, 1.165) is 6.54 Å². The van der Waals surface area contributed by atoms with Crippen LogP contribution in [0.15, 0.2) is 0 Å². The first-order valence-corrected chi connectivity index (χ1v) is 3.33. The Morgan fingerprint density at radius 1 is 1.44 bits per heavy atom. The molecule has 0 bridgehead atoms. The molecule has 0 unspecified atom stereocenters. The molecule has 0 aliphatic heterocycles. The highest BCUT2D eigenvalue weighted by Gasteiger charge is 2.20. The van der Waals surface area contributed by atoms with Crippen LogP contribution in [0.25, 0.3) is 0 Å². The smallest absolute Gasteiger partial charge is 0.168 e. The number of rotatable bonds is 2. The fourth-order valence-electron chi connectivity index (χ4n) is 0.278. The van der Waals surface area contributed by atoms with Gasteiger partial charge in [0.1, 0.15) is 0 Å². The maximum atomic E-state index is 5.68. The predicted octanol–water partition coefficient (Wildman–Crippen LogP) is 2.51. The van der Waals surface area contributed by atoms with Crippen molar-refractivity contribution in [3.05, 3.63) is 0 Å². The summed E-state index contributed by atoms with van der Waals surface area (Å²) in [6.07, 6.45) is 0. The lowest BCUT2D eigenvalue weighted by Crippen LogP contribution is -2.32. The van der Waals surface area contributed by atoms with Crippen molar-refractivity contribution in [2.24, 2.45) is 0 Å². The minimum Gasteiger partial charge on any atom is -0.276 e. The van der Waals surface area contributed by atoms with E-state index < -0.39 is 4.46 Å². The second kappa shape index (κ2) is 4.62. The van der Waals surface area contributed by atoms with Crippen LogP contribution >= 0.6 is 35.6 Å². The summed E-state index contributed by atoms with van der Waals surface area (Å²) in [6.45, 7) is 4.62. The molecule has 0 saturated carbocycles. The zero-order valence-corrected chi connectivity index (χ0v) is 8.15. The SMILES string of the molecule is CCN(C)C(C)(Cl)Cl.Cl. The Balaban J connectivity index is 0. The van der Waals surface area contributed by atoms with Crippen molar-refractivity contribution in [3.8, 4) is 0 Å². The van der Waals surface area contributed by atoms with Gasteiger partial charge in [-0.25, -0.2) is 0 Å². The summed E-state index contributed by atoms with van der Waals surface area (Å²) in [5, 5.41) is 0. The molecular weight excluding hydrogens is 180 g/mol. The molecule has 0 saturated heterocycles. The minimum atomic E-state index is -0.714. The van der Waals surface area contributed by atoms with E-state index in [1.165, 1.54) is 0 Å². The van der Waals surface area contributed by atoms with Crippen LogP contribution in [0.3, 0.4) is 0 Å². The van der Waals surface area contributed by atoms with Crippen LogP contribution in [-0.2, 0) is 0 Å². The molecule has 0 aliphatic rings. The Labute approximate surface area is 72.7 Å². The van der Waals surface area contributed by atoms with Crippen molar-refractivity contribution in [1.29, 1.82) is 0 Å². The van der Waals surface area contributed by atoms with E-state index in [9.17, 15) is 0 Å². The van der Waals surface area contributed by atoms with Gasteiger partial charge in [0.05, 0.1) is 0 Å². The largest absolute Gasteiger partial charge is 0.276 e. The van der Waals surface area contributed by atoms with Crippen LogP contribution in [0.1, 0.15) is 13.8 Å². The van der Waals surface area contributed by atoms with Crippen molar-refractivity contribution < 1.29 is 0 Å². The van der Waals surface area contributed by atoms with Gasteiger partial charge in [0, 0.05) is 0 Å². The summed E-state index contributed by atoms with van der Waals surface area (Å²) < 4.78 is -0.714. The third-order valence-electron chi connectivity index (χ3n) is 1.14. The molecule has 0 amide bonds. The zero-order valence-electron chi connectivity index (χ0n) is 5.82. The molecule has 0 aromatic rings. The molecule has 0 rings (SSSR count). The molecule has 0 spiro atoms. The molecule has 0 aromatic carbocycles. The Hall–Kier alpha value is 0.830. The molecule has 0 aromatic heterocycles. The maximum Gasteiger partial charge on any atom is 0.168 e. The van der Waals surface area contributed by atoms with E-state index in [-0.39, 0.29) is 12.4 Å². The van der Waals surface area contributed by atoms with Gasteiger partial charge in [0.2, 0.25) is 0 Å². The maximum absolute atomic E-state index is 5.68. The molecular formula is C5H12Cl3N. The normalized spacial score (nSPS) is 11.3. The van der Waals surface area contributed by atoms with Gasteiger partial charge in [0.15, 0.2) is 4.46 Å². The Kier molecular flexibility index (Phi) is 6.41. The van der Waals surface area contributed by atoms with Crippen molar-refractivity contribution in [2.45, 2.75) is 18.3 Å². The molecule has 1 nitrogen and oxygen atoms in total.